The molecule has 0 amide bonds. The maximum Gasteiger partial charge on any atom is 0.418 e. The van der Waals surface area contributed by atoms with Crippen molar-refractivity contribution >= 4 is 50.3 Å². The van der Waals surface area contributed by atoms with Crippen molar-refractivity contribution in [1.29, 1.82) is 5.26 Å². The van der Waals surface area contributed by atoms with E-state index in [0.717, 1.165) is 6.07 Å². The lowest BCUT2D eigenvalue weighted by atomic mass is 10.1. The molecule has 1 heterocycles. The summed E-state index contributed by atoms with van der Waals surface area (Å²) in [6.07, 6.45) is -4.94. The van der Waals surface area contributed by atoms with Gasteiger partial charge in [-0.15, -0.1) is 10.2 Å². The lowest BCUT2D eigenvalue weighted by Crippen LogP contribution is -2.06. The van der Waals surface area contributed by atoms with Gasteiger partial charge in [0.15, 0.2) is 11.6 Å². The standard InChI is InChI=1S/C20H13BrF3N7O2/c1-10-13(9-25)19(27-11-5-3-2-4-6-11)28-18(26)16(10)29-30-17-14(20(22,23)24)7-12(31(32)33)8-15(17)21/h2-8H,1H3,(H3,26,27,28)/b30-29+. The summed E-state index contributed by atoms with van der Waals surface area (Å²) in [6, 6.07) is 12.0. The Morgan fingerprint density at radius 2 is 1.85 bits per heavy atom. The van der Waals surface area contributed by atoms with E-state index in [1.807, 2.05) is 6.07 Å². The van der Waals surface area contributed by atoms with Gasteiger partial charge in [0, 0.05) is 23.4 Å². The van der Waals surface area contributed by atoms with E-state index in [0.29, 0.717) is 11.8 Å². The third-order valence-corrected chi connectivity index (χ3v) is 5.01. The minimum atomic E-state index is -4.94. The van der Waals surface area contributed by atoms with Crippen LogP contribution in [0.1, 0.15) is 16.7 Å². The van der Waals surface area contributed by atoms with Crippen LogP contribution in [0.4, 0.5) is 47.6 Å². The predicted molar refractivity (Wildman–Crippen MR) is 118 cm³/mol. The number of anilines is 3. The first-order valence-electron chi connectivity index (χ1n) is 9.02. The van der Waals surface area contributed by atoms with Gasteiger partial charge in [-0.1, -0.05) is 18.2 Å². The molecule has 0 saturated heterocycles. The van der Waals surface area contributed by atoms with E-state index in [1.54, 1.807) is 30.3 Å². The molecular formula is C20H13BrF3N7O2. The molecule has 0 unspecified atom stereocenters. The molecule has 33 heavy (non-hydrogen) atoms. The Hall–Kier alpha value is -4.05. The van der Waals surface area contributed by atoms with Crippen molar-refractivity contribution in [2.24, 2.45) is 10.2 Å². The number of pyridine rings is 1. The number of nitro benzene ring substituents is 1. The van der Waals surface area contributed by atoms with Crippen molar-refractivity contribution in [2.75, 3.05) is 11.1 Å². The van der Waals surface area contributed by atoms with Crippen LogP contribution in [0.25, 0.3) is 0 Å². The number of nitrogens with zero attached hydrogens (tertiary/aromatic N) is 5. The van der Waals surface area contributed by atoms with Crippen LogP contribution >= 0.6 is 15.9 Å². The maximum atomic E-state index is 13.5. The van der Waals surface area contributed by atoms with Crippen LogP contribution in [-0.2, 0) is 6.18 Å². The zero-order valence-electron chi connectivity index (χ0n) is 16.7. The number of rotatable bonds is 5. The monoisotopic (exact) mass is 519 g/mol. The molecule has 13 heteroatoms. The first-order valence-corrected chi connectivity index (χ1v) is 9.81. The summed E-state index contributed by atoms with van der Waals surface area (Å²) >= 11 is 2.88. The highest BCUT2D eigenvalue weighted by molar-refractivity contribution is 9.10. The minimum absolute atomic E-state index is 0.0702. The topological polar surface area (TPSA) is 143 Å². The number of non-ortho nitro benzene ring substituents is 1. The summed E-state index contributed by atoms with van der Waals surface area (Å²) in [7, 11) is 0. The molecule has 0 spiro atoms. The largest absolute Gasteiger partial charge is 0.418 e. The molecule has 0 atom stereocenters. The van der Waals surface area contributed by atoms with Gasteiger partial charge in [0.05, 0.1) is 20.5 Å². The highest BCUT2D eigenvalue weighted by Crippen LogP contribution is 2.44. The molecule has 0 bridgehead atoms. The Morgan fingerprint density at radius 3 is 2.42 bits per heavy atom. The van der Waals surface area contributed by atoms with E-state index < -0.39 is 28.0 Å². The average molecular weight is 520 g/mol. The average Bonchev–Trinajstić information content (AvgIpc) is 2.74. The number of aromatic nitrogens is 1. The van der Waals surface area contributed by atoms with E-state index >= 15 is 0 Å². The quantitative estimate of drug-likeness (QED) is 0.218. The number of alkyl halides is 3. The predicted octanol–water partition coefficient (Wildman–Crippen LogP) is 6.69. The minimum Gasteiger partial charge on any atom is -0.382 e. The number of nitrogens with two attached hydrogens (primary N) is 1. The number of azo groups is 1. The summed E-state index contributed by atoms with van der Waals surface area (Å²) in [4.78, 5) is 14.1. The summed E-state index contributed by atoms with van der Waals surface area (Å²) in [5.74, 6) is -0.0366. The summed E-state index contributed by atoms with van der Waals surface area (Å²) < 4.78 is 40.2. The number of nitrogen functional groups attached to an aromatic ring is 1. The SMILES string of the molecule is Cc1c(C#N)c(Nc2ccccc2)nc(N)c1/N=N/c1c(Br)cc([N+](=O)[O-])cc1C(F)(F)F. The molecule has 3 aromatic rings. The van der Waals surface area contributed by atoms with Crippen molar-refractivity contribution < 1.29 is 18.1 Å². The normalized spacial score (nSPS) is 11.4. The van der Waals surface area contributed by atoms with Crippen molar-refractivity contribution in [1.82, 2.24) is 4.98 Å². The second-order valence-corrected chi connectivity index (χ2v) is 7.43. The summed E-state index contributed by atoms with van der Waals surface area (Å²) in [5.41, 5.74) is 3.97. The number of hydrogen-bond donors (Lipinski definition) is 2. The van der Waals surface area contributed by atoms with Gasteiger partial charge in [-0.05, 0) is 35.0 Å². The molecule has 3 N–H and O–H groups in total. The van der Waals surface area contributed by atoms with Crippen molar-refractivity contribution in [3.8, 4) is 6.07 Å². The number of nitro groups is 1. The Bertz CT molecular complexity index is 1310. The molecule has 9 nitrogen and oxygen atoms in total. The highest BCUT2D eigenvalue weighted by Gasteiger charge is 2.37. The summed E-state index contributed by atoms with van der Waals surface area (Å²) in [5, 5.41) is 30.9. The zero-order chi connectivity index (χ0) is 24.3. The second-order valence-electron chi connectivity index (χ2n) is 6.58. The van der Waals surface area contributed by atoms with Gasteiger partial charge >= 0.3 is 6.18 Å². The molecule has 0 aliphatic rings. The van der Waals surface area contributed by atoms with Crippen LogP contribution in [-0.4, -0.2) is 9.91 Å². The van der Waals surface area contributed by atoms with Crippen LogP contribution in [0.2, 0.25) is 0 Å². The van der Waals surface area contributed by atoms with Gasteiger partial charge in [-0.3, -0.25) is 10.1 Å². The van der Waals surface area contributed by atoms with E-state index in [2.05, 4.69) is 36.5 Å². The lowest BCUT2D eigenvalue weighted by Gasteiger charge is -2.13. The fraction of sp³-hybridized carbons (Fsp3) is 0.100. The Kier molecular flexibility index (Phi) is 6.59. The molecular weight excluding hydrogens is 507 g/mol. The molecule has 0 aliphatic heterocycles. The number of nitriles is 1. The van der Waals surface area contributed by atoms with E-state index in [-0.39, 0.29) is 32.9 Å². The lowest BCUT2D eigenvalue weighted by molar-refractivity contribution is -0.385. The molecule has 0 aliphatic carbocycles. The smallest absolute Gasteiger partial charge is 0.382 e. The van der Waals surface area contributed by atoms with E-state index in [4.69, 9.17) is 5.73 Å². The third-order valence-electron chi connectivity index (χ3n) is 4.40. The van der Waals surface area contributed by atoms with Gasteiger partial charge < -0.3 is 11.1 Å². The van der Waals surface area contributed by atoms with Gasteiger partial charge in [-0.2, -0.15) is 18.4 Å². The summed E-state index contributed by atoms with van der Waals surface area (Å²) in [6.45, 7) is 1.50. The van der Waals surface area contributed by atoms with Crippen molar-refractivity contribution in [2.45, 2.75) is 13.1 Å². The van der Waals surface area contributed by atoms with Gasteiger partial charge in [0.1, 0.15) is 17.4 Å². The second kappa shape index (κ2) is 9.21. The van der Waals surface area contributed by atoms with Crippen LogP contribution in [0, 0.1) is 28.4 Å². The van der Waals surface area contributed by atoms with Crippen LogP contribution in [0.5, 0.6) is 0 Å². The van der Waals surface area contributed by atoms with Crippen LogP contribution in [0.15, 0.2) is 57.2 Å². The third kappa shape index (κ3) is 5.07. The number of halogens is 4. The number of nitrogens with one attached hydrogen (secondary N) is 1. The Morgan fingerprint density at radius 1 is 1.21 bits per heavy atom. The van der Waals surface area contributed by atoms with Crippen molar-refractivity contribution in [3.05, 3.63) is 73.7 Å². The molecule has 168 valence electrons. The molecule has 0 radical (unpaired) electrons. The molecule has 3 rings (SSSR count). The van der Waals surface area contributed by atoms with Gasteiger partial charge in [0.25, 0.3) is 5.69 Å². The Balaban J connectivity index is 2.10. The number of benzene rings is 2. The highest BCUT2D eigenvalue weighted by atomic mass is 79.9. The first-order chi connectivity index (χ1) is 15.5. The molecule has 1 aromatic heterocycles. The first kappa shape index (κ1) is 23.6. The van der Waals surface area contributed by atoms with Crippen LogP contribution < -0.4 is 11.1 Å². The molecule has 0 fully saturated rings. The van der Waals surface area contributed by atoms with Gasteiger partial charge in [0.2, 0.25) is 0 Å². The zero-order valence-corrected chi connectivity index (χ0v) is 18.3. The number of hydrogen-bond acceptors (Lipinski definition) is 8. The van der Waals surface area contributed by atoms with Gasteiger partial charge in [-0.25, -0.2) is 4.98 Å². The molecule has 2 aromatic carbocycles. The fourth-order valence-electron chi connectivity index (χ4n) is 2.84. The van der Waals surface area contributed by atoms with Crippen LogP contribution in [0.3, 0.4) is 0 Å². The maximum absolute atomic E-state index is 13.5. The van der Waals surface area contributed by atoms with Crippen molar-refractivity contribution in [3.63, 3.8) is 0 Å². The Labute approximate surface area is 193 Å². The fourth-order valence-corrected chi connectivity index (χ4v) is 3.36. The molecule has 0 saturated carbocycles. The van der Waals surface area contributed by atoms with E-state index in [9.17, 15) is 28.5 Å². The number of para-hydroxylation sites is 1. The van der Waals surface area contributed by atoms with E-state index in [1.165, 1.54) is 6.92 Å².